The van der Waals surface area contributed by atoms with Crippen LogP contribution in [0.3, 0.4) is 0 Å². The van der Waals surface area contributed by atoms with Crippen LogP contribution >= 0.6 is 11.3 Å². The zero-order valence-corrected chi connectivity index (χ0v) is 11.9. The summed E-state index contributed by atoms with van der Waals surface area (Å²) in [6.45, 7) is 6.81. The number of carbonyl (C=O) groups excluding carboxylic acids is 1. The molecule has 2 amide bonds. The van der Waals surface area contributed by atoms with Crippen molar-refractivity contribution in [3.8, 4) is 0 Å². The molecular weight excluding hydrogens is 295 g/mol. The molecule has 0 aromatic carbocycles. The number of likely N-dealkylation sites (N-methyl/N-ethyl adjacent to an activating group) is 1. The number of alkyl halides is 3. The van der Waals surface area contributed by atoms with Crippen molar-refractivity contribution in [1.29, 1.82) is 0 Å². The van der Waals surface area contributed by atoms with Crippen LogP contribution in [0.25, 0.3) is 0 Å². The molecule has 1 heterocycles. The monoisotopic (exact) mass is 311 g/mol. The number of urea groups is 1. The lowest BCUT2D eigenvalue weighted by Gasteiger charge is -2.17. The van der Waals surface area contributed by atoms with E-state index in [4.69, 9.17) is 0 Å². The minimum Gasteiger partial charge on any atom is -0.337 e. The second-order valence-corrected chi connectivity index (χ2v) is 4.80. The van der Waals surface area contributed by atoms with Gasteiger partial charge in [0.05, 0.1) is 0 Å². The highest BCUT2D eigenvalue weighted by Gasteiger charge is 2.35. The van der Waals surface area contributed by atoms with Gasteiger partial charge in [-0.2, -0.15) is 13.2 Å². The van der Waals surface area contributed by atoms with Gasteiger partial charge >= 0.3 is 12.2 Å². The smallest absolute Gasteiger partial charge is 0.337 e. The van der Waals surface area contributed by atoms with Crippen molar-refractivity contribution >= 4 is 22.5 Å². The summed E-state index contributed by atoms with van der Waals surface area (Å²) in [6, 6.07) is -0.595. The van der Waals surface area contributed by atoms with Crippen molar-refractivity contribution in [2.45, 2.75) is 20.0 Å². The van der Waals surface area contributed by atoms with Crippen LogP contribution in [0.1, 0.15) is 18.9 Å². The third-order valence-electron chi connectivity index (χ3n) is 2.50. The summed E-state index contributed by atoms with van der Waals surface area (Å²) in [7, 11) is 0. The van der Waals surface area contributed by atoms with Crippen LogP contribution in [-0.2, 0) is 6.18 Å². The summed E-state index contributed by atoms with van der Waals surface area (Å²) in [4.78, 5) is 13.6. The summed E-state index contributed by atoms with van der Waals surface area (Å²) < 4.78 is 36.8. The molecule has 0 unspecified atom stereocenters. The maximum Gasteiger partial charge on any atom is 0.445 e. The second-order valence-electron chi connectivity index (χ2n) is 3.82. The van der Waals surface area contributed by atoms with Gasteiger partial charge < -0.3 is 10.2 Å². The third kappa shape index (κ3) is 5.29. The van der Waals surface area contributed by atoms with Gasteiger partial charge in [0.25, 0.3) is 0 Å². The number of hydrogen-bond acceptors (Lipinski definition) is 5. The molecule has 1 aromatic heterocycles. The molecule has 0 radical (unpaired) electrons. The van der Waals surface area contributed by atoms with Gasteiger partial charge in [0.2, 0.25) is 10.1 Å². The van der Waals surface area contributed by atoms with Crippen molar-refractivity contribution in [3.05, 3.63) is 5.01 Å². The number of nitrogens with zero attached hydrogens (tertiary/aromatic N) is 3. The number of aromatic nitrogens is 2. The minimum absolute atomic E-state index is 0.183. The first-order chi connectivity index (χ1) is 9.36. The van der Waals surface area contributed by atoms with Crippen molar-refractivity contribution in [2.24, 2.45) is 0 Å². The number of carbonyl (C=O) groups is 1. The first kappa shape index (κ1) is 16.6. The summed E-state index contributed by atoms with van der Waals surface area (Å²) in [5.74, 6) is 0. The quantitative estimate of drug-likeness (QED) is 0.843. The highest BCUT2D eigenvalue weighted by molar-refractivity contribution is 7.15. The van der Waals surface area contributed by atoms with Crippen molar-refractivity contribution < 1.29 is 18.0 Å². The van der Waals surface area contributed by atoms with Crippen LogP contribution in [0.15, 0.2) is 0 Å². The van der Waals surface area contributed by atoms with Gasteiger partial charge in [0.15, 0.2) is 0 Å². The van der Waals surface area contributed by atoms with E-state index in [1.165, 1.54) is 0 Å². The summed E-state index contributed by atoms with van der Waals surface area (Å²) >= 11 is 0.287. The predicted molar refractivity (Wildman–Crippen MR) is 69.7 cm³/mol. The Hall–Kier alpha value is -1.42. The van der Waals surface area contributed by atoms with Gasteiger partial charge in [-0.05, 0) is 13.1 Å². The van der Waals surface area contributed by atoms with Gasteiger partial charge in [-0.25, -0.2) is 4.79 Å². The molecule has 0 aliphatic heterocycles. The Bertz CT molecular complexity index is 433. The number of halogens is 3. The molecule has 0 aliphatic rings. The summed E-state index contributed by atoms with van der Waals surface area (Å²) in [5, 5.41) is 9.73. The van der Waals surface area contributed by atoms with Crippen LogP contribution in [0.5, 0.6) is 0 Å². The van der Waals surface area contributed by atoms with Gasteiger partial charge in [-0.3, -0.25) is 5.32 Å². The first-order valence-electron chi connectivity index (χ1n) is 6.04. The molecule has 6 nitrogen and oxygen atoms in total. The van der Waals surface area contributed by atoms with Crippen molar-refractivity contribution in [1.82, 2.24) is 20.4 Å². The molecule has 114 valence electrons. The fourth-order valence-corrected chi connectivity index (χ4v) is 2.00. The SMILES string of the molecule is CCN(CC)CCNC(=O)Nc1nnc(C(F)(F)F)s1. The van der Waals surface area contributed by atoms with Gasteiger partial charge in [0, 0.05) is 13.1 Å². The van der Waals surface area contributed by atoms with E-state index >= 15 is 0 Å². The second kappa shape index (κ2) is 7.39. The van der Waals surface area contributed by atoms with E-state index in [2.05, 4.69) is 25.7 Å². The molecular formula is C10H16F3N5OS. The van der Waals surface area contributed by atoms with E-state index in [9.17, 15) is 18.0 Å². The normalized spacial score (nSPS) is 11.7. The van der Waals surface area contributed by atoms with Gasteiger partial charge in [0.1, 0.15) is 0 Å². The topological polar surface area (TPSA) is 70.2 Å². The molecule has 0 bridgehead atoms. The van der Waals surface area contributed by atoms with E-state index in [0.29, 0.717) is 13.1 Å². The Kier molecular flexibility index (Phi) is 6.14. The molecule has 10 heteroatoms. The summed E-state index contributed by atoms with van der Waals surface area (Å²) in [6.07, 6.45) is -4.54. The zero-order valence-electron chi connectivity index (χ0n) is 11.1. The van der Waals surface area contributed by atoms with Crippen LogP contribution < -0.4 is 10.6 Å². The highest BCUT2D eigenvalue weighted by Crippen LogP contribution is 2.32. The van der Waals surface area contributed by atoms with Crippen LogP contribution in [0.4, 0.5) is 23.1 Å². The first-order valence-corrected chi connectivity index (χ1v) is 6.86. The number of nitrogens with one attached hydrogen (secondary N) is 2. The molecule has 2 N–H and O–H groups in total. The van der Waals surface area contributed by atoms with Crippen molar-refractivity contribution in [2.75, 3.05) is 31.5 Å². The lowest BCUT2D eigenvalue weighted by molar-refractivity contribution is -0.138. The zero-order chi connectivity index (χ0) is 15.2. The molecule has 0 spiro atoms. The average molecular weight is 311 g/mol. The number of rotatable bonds is 6. The number of amides is 2. The Labute approximate surface area is 118 Å². The predicted octanol–water partition coefficient (Wildman–Crippen LogP) is 2.02. The van der Waals surface area contributed by atoms with Gasteiger partial charge in [-0.1, -0.05) is 25.2 Å². The highest BCUT2D eigenvalue weighted by atomic mass is 32.1. The lowest BCUT2D eigenvalue weighted by Crippen LogP contribution is -2.36. The van der Waals surface area contributed by atoms with Crippen LogP contribution in [0, 0.1) is 0 Å². The standard InChI is InChI=1S/C10H16F3N5OS/c1-3-18(4-2)6-5-14-8(19)15-9-17-16-7(20-9)10(11,12)13/h3-6H2,1-2H3,(H2,14,15,17,19). The Morgan fingerprint density at radius 2 is 1.95 bits per heavy atom. The number of hydrogen-bond donors (Lipinski definition) is 2. The fraction of sp³-hybridized carbons (Fsp3) is 0.700. The molecule has 1 rings (SSSR count). The van der Waals surface area contributed by atoms with Crippen LogP contribution in [0.2, 0.25) is 0 Å². The minimum atomic E-state index is -4.54. The Morgan fingerprint density at radius 1 is 1.30 bits per heavy atom. The van der Waals surface area contributed by atoms with E-state index in [1.54, 1.807) is 0 Å². The third-order valence-corrected chi connectivity index (χ3v) is 3.38. The van der Waals surface area contributed by atoms with E-state index < -0.39 is 17.2 Å². The van der Waals surface area contributed by atoms with E-state index in [1.807, 2.05) is 13.8 Å². The molecule has 20 heavy (non-hydrogen) atoms. The van der Waals surface area contributed by atoms with E-state index in [-0.39, 0.29) is 16.5 Å². The van der Waals surface area contributed by atoms with Gasteiger partial charge in [-0.15, -0.1) is 10.2 Å². The lowest BCUT2D eigenvalue weighted by atomic mass is 10.4. The Morgan fingerprint density at radius 3 is 2.45 bits per heavy atom. The molecule has 0 aliphatic carbocycles. The van der Waals surface area contributed by atoms with E-state index in [0.717, 1.165) is 13.1 Å². The maximum absolute atomic E-state index is 12.3. The van der Waals surface area contributed by atoms with Crippen molar-refractivity contribution in [3.63, 3.8) is 0 Å². The molecule has 0 saturated heterocycles. The average Bonchev–Trinajstić information content (AvgIpc) is 2.83. The molecule has 0 fully saturated rings. The molecule has 1 aromatic rings. The molecule has 0 atom stereocenters. The number of anilines is 1. The molecule has 0 saturated carbocycles. The van der Waals surface area contributed by atoms with Crippen LogP contribution in [-0.4, -0.2) is 47.3 Å². The Balaban J connectivity index is 2.37. The fourth-order valence-electron chi connectivity index (χ4n) is 1.40. The summed E-state index contributed by atoms with van der Waals surface area (Å²) in [5.41, 5.74) is 0. The largest absolute Gasteiger partial charge is 0.445 e. The maximum atomic E-state index is 12.3.